The molecule has 0 radical (unpaired) electrons. The van der Waals surface area contributed by atoms with Crippen LogP contribution in [0, 0.1) is 17.8 Å². The Kier molecular flexibility index (Phi) is 13.6. The number of nitrogens with one attached hydrogen (secondary N) is 4. The van der Waals surface area contributed by atoms with Crippen LogP contribution in [0.15, 0.2) is 84.9 Å². The summed E-state index contributed by atoms with van der Waals surface area (Å²) in [5.41, 5.74) is 2.81. The third-order valence-electron chi connectivity index (χ3n) is 10.1. The van der Waals surface area contributed by atoms with Gasteiger partial charge in [0.25, 0.3) is 0 Å². The van der Waals surface area contributed by atoms with Crippen LogP contribution in [0.25, 0.3) is 11.1 Å². The number of piperidine rings is 1. The molecule has 2 saturated heterocycles. The van der Waals surface area contributed by atoms with Crippen molar-refractivity contribution < 1.29 is 28.7 Å². The molecule has 5 amide bonds. The number of epoxide rings is 1. The predicted molar refractivity (Wildman–Crippen MR) is 209 cm³/mol. The third-order valence-corrected chi connectivity index (χ3v) is 10.1. The van der Waals surface area contributed by atoms with E-state index in [0.717, 1.165) is 22.4 Å². The zero-order valence-corrected chi connectivity index (χ0v) is 32.1. The maximum atomic E-state index is 13.9. The SMILES string of the molecule is CC(C)CC(NC(=O)N1CCC(C(=O)Nc2ccc(-c3ccccc3)cc2)CC1)C(=O)NC(Cc1ccccc1)C(=O)NC(CC(C)C)C(=O)C1(C)CO1. The van der Waals surface area contributed by atoms with Crippen molar-refractivity contribution in [2.75, 3.05) is 25.0 Å². The number of carbonyl (C=O) groups is 5. The van der Waals surface area contributed by atoms with Crippen LogP contribution in [0.5, 0.6) is 0 Å². The highest BCUT2D eigenvalue weighted by molar-refractivity contribution is 5.98. The van der Waals surface area contributed by atoms with Gasteiger partial charge in [0.2, 0.25) is 17.7 Å². The molecular formula is C43H55N5O6. The van der Waals surface area contributed by atoms with E-state index in [-0.39, 0.29) is 35.9 Å². The minimum Gasteiger partial charge on any atom is -0.361 e. The topological polar surface area (TPSA) is 149 Å². The van der Waals surface area contributed by atoms with E-state index in [4.69, 9.17) is 4.74 Å². The highest BCUT2D eigenvalue weighted by Gasteiger charge is 2.50. The summed E-state index contributed by atoms with van der Waals surface area (Å²) >= 11 is 0. The number of Topliss-reactive ketones (excluding diaryl/α,β-unsaturated/α-hetero) is 1. The highest BCUT2D eigenvalue weighted by Crippen LogP contribution is 2.30. The van der Waals surface area contributed by atoms with Gasteiger partial charge in [0.15, 0.2) is 5.78 Å². The van der Waals surface area contributed by atoms with Gasteiger partial charge in [-0.2, -0.15) is 0 Å². The number of ketones is 1. The van der Waals surface area contributed by atoms with Gasteiger partial charge in [0.05, 0.1) is 12.6 Å². The van der Waals surface area contributed by atoms with Crippen LogP contribution in [-0.2, 0) is 30.3 Å². The number of amides is 5. The first-order valence-corrected chi connectivity index (χ1v) is 19.2. The molecule has 4 N–H and O–H groups in total. The molecule has 2 heterocycles. The zero-order valence-electron chi connectivity index (χ0n) is 32.1. The van der Waals surface area contributed by atoms with E-state index < -0.39 is 41.6 Å². The number of carbonyl (C=O) groups excluding carboxylic acids is 5. The molecule has 2 aliphatic heterocycles. The maximum absolute atomic E-state index is 13.9. The molecule has 0 spiro atoms. The highest BCUT2D eigenvalue weighted by atomic mass is 16.6. The summed E-state index contributed by atoms with van der Waals surface area (Å²) in [6.45, 7) is 10.6. The van der Waals surface area contributed by atoms with Gasteiger partial charge in [-0.15, -0.1) is 0 Å². The molecule has 5 rings (SSSR count). The van der Waals surface area contributed by atoms with Crippen molar-refractivity contribution in [2.24, 2.45) is 17.8 Å². The lowest BCUT2D eigenvalue weighted by Gasteiger charge is -2.33. The number of rotatable bonds is 16. The van der Waals surface area contributed by atoms with Crippen LogP contribution in [0.3, 0.4) is 0 Å². The molecule has 4 unspecified atom stereocenters. The van der Waals surface area contributed by atoms with E-state index in [1.807, 2.05) is 113 Å². The Labute approximate surface area is 319 Å². The molecule has 0 bridgehead atoms. The maximum Gasteiger partial charge on any atom is 0.318 e. The third kappa shape index (κ3) is 11.2. The molecule has 0 aliphatic carbocycles. The van der Waals surface area contributed by atoms with Crippen LogP contribution in [0.1, 0.15) is 65.9 Å². The number of hydrogen-bond donors (Lipinski definition) is 4. The average Bonchev–Trinajstić information content (AvgIpc) is 3.92. The van der Waals surface area contributed by atoms with Crippen molar-refractivity contribution in [2.45, 2.75) is 90.4 Å². The molecule has 11 heteroatoms. The second-order valence-corrected chi connectivity index (χ2v) is 15.7. The minimum absolute atomic E-state index is 0.0611. The van der Waals surface area contributed by atoms with Crippen LogP contribution in [0.2, 0.25) is 0 Å². The molecule has 4 atom stereocenters. The smallest absolute Gasteiger partial charge is 0.318 e. The standard InChI is InChI=1S/C43H55N5O6/c1-28(2)24-35(38(49)43(5)27-54-43)45-41(52)37(26-30-12-8-6-9-13-30)46-40(51)36(25-29(3)4)47-42(53)48-22-20-33(21-23-48)39(50)44-34-18-16-32(17-19-34)31-14-10-7-11-15-31/h6-19,28-29,33,35-37H,20-27H2,1-5H3,(H,44,50)(H,45,52)(H,46,51)(H,47,53). The van der Waals surface area contributed by atoms with E-state index in [9.17, 15) is 24.0 Å². The summed E-state index contributed by atoms with van der Waals surface area (Å²) in [4.78, 5) is 69.4. The monoisotopic (exact) mass is 737 g/mol. The van der Waals surface area contributed by atoms with Crippen molar-refractivity contribution >= 4 is 35.2 Å². The second-order valence-electron chi connectivity index (χ2n) is 15.7. The average molecular weight is 738 g/mol. The summed E-state index contributed by atoms with van der Waals surface area (Å²) in [5, 5.41) is 11.8. The van der Waals surface area contributed by atoms with Crippen molar-refractivity contribution in [1.82, 2.24) is 20.9 Å². The fourth-order valence-corrected chi connectivity index (χ4v) is 6.83. The lowest BCUT2D eigenvalue weighted by atomic mass is 9.93. The molecule has 0 saturated carbocycles. The van der Waals surface area contributed by atoms with Gasteiger partial charge in [-0.1, -0.05) is 100 Å². The van der Waals surface area contributed by atoms with Crippen LogP contribution >= 0.6 is 0 Å². The molecular weight excluding hydrogens is 683 g/mol. The number of benzene rings is 3. The van der Waals surface area contributed by atoms with E-state index in [1.165, 1.54) is 0 Å². The van der Waals surface area contributed by atoms with Gasteiger partial charge in [0, 0.05) is 31.1 Å². The first-order chi connectivity index (χ1) is 25.8. The summed E-state index contributed by atoms with van der Waals surface area (Å²) in [7, 11) is 0. The van der Waals surface area contributed by atoms with E-state index in [0.29, 0.717) is 45.4 Å². The van der Waals surface area contributed by atoms with Gasteiger partial charge >= 0.3 is 6.03 Å². The largest absolute Gasteiger partial charge is 0.361 e. The van der Waals surface area contributed by atoms with Crippen LogP contribution in [-0.4, -0.2) is 77.9 Å². The van der Waals surface area contributed by atoms with Crippen molar-refractivity contribution in [3.05, 3.63) is 90.5 Å². The second kappa shape index (κ2) is 18.3. The van der Waals surface area contributed by atoms with Gasteiger partial charge in [-0.3, -0.25) is 19.2 Å². The number of hydrogen-bond acceptors (Lipinski definition) is 6. The molecule has 288 valence electrons. The van der Waals surface area contributed by atoms with E-state index in [2.05, 4.69) is 21.3 Å². The Hall–Kier alpha value is -5.03. The number of anilines is 1. The van der Waals surface area contributed by atoms with E-state index in [1.54, 1.807) is 11.8 Å². The first kappa shape index (κ1) is 40.2. The molecule has 0 aromatic heterocycles. The van der Waals surface area contributed by atoms with Crippen molar-refractivity contribution in [3.63, 3.8) is 0 Å². The Bertz CT molecular complexity index is 1730. The van der Waals surface area contributed by atoms with Crippen LogP contribution in [0.4, 0.5) is 10.5 Å². The molecule has 11 nitrogen and oxygen atoms in total. The Morgan fingerprint density at radius 1 is 0.704 bits per heavy atom. The van der Waals surface area contributed by atoms with Gasteiger partial charge in [-0.25, -0.2) is 4.79 Å². The number of nitrogens with zero attached hydrogens (tertiary/aromatic N) is 1. The summed E-state index contributed by atoms with van der Waals surface area (Å²) in [6.07, 6.45) is 1.96. The fourth-order valence-electron chi connectivity index (χ4n) is 6.83. The van der Waals surface area contributed by atoms with Gasteiger partial charge in [-0.05, 0) is 73.3 Å². The van der Waals surface area contributed by atoms with Crippen molar-refractivity contribution in [1.29, 1.82) is 0 Å². The Balaban J connectivity index is 1.19. The molecule has 2 aliphatic rings. The normalized spacial score (nSPS) is 18.7. The number of urea groups is 1. The van der Waals surface area contributed by atoms with E-state index >= 15 is 0 Å². The summed E-state index contributed by atoms with van der Waals surface area (Å²) in [5.74, 6) is -1.29. The lowest BCUT2D eigenvalue weighted by Crippen LogP contribution is -2.58. The number of likely N-dealkylation sites (tertiary alicyclic amines) is 1. The fraction of sp³-hybridized carbons (Fsp3) is 0.465. The molecule has 3 aromatic rings. The number of ether oxygens (including phenoxy) is 1. The van der Waals surface area contributed by atoms with Gasteiger partial charge < -0.3 is 30.9 Å². The minimum atomic E-state index is -0.995. The van der Waals surface area contributed by atoms with Crippen LogP contribution < -0.4 is 21.3 Å². The summed E-state index contributed by atoms with van der Waals surface area (Å²) in [6, 6.07) is 24.1. The Morgan fingerprint density at radius 3 is 1.80 bits per heavy atom. The zero-order chi connectivity index (χ0) is 38.8. The lowest BCUT2D eigenvalue weighted by molar-refractivity contribution is -0.133. The predicted octanol–water partition coefficient (Wildman–Crippen LogP) is 5.74. The molecule has 2 fully saturated rings. The quantitative estimate of drug-likeness (QED) is 0.138. The first-order valence-electron chi connectivity index (χ1n) is 19.2. The molecule has 54 heavy (non-hydrogen) atoms. The van der Waals surface area contributed by atoms with Crippen molar-refractivity contribution in [3.8, 4) is 11.1 Å². The molecule has 3 aromatic carbocycles. The van der Waals surface area contributed by atoms with Gasteiger partial charge in [0.1, 0.15) is 17.7 Å². The Morgan fingerprint density at radius 2 is 1.22 bits per heavy atom. The summed E-state index contributed by atoms with van der Waals surface area (Å²) < 4.78 is 5.40.